The molecule has 0 radical (unpaired) electrons. The molecule has 0 saturated carbocycles. The highest BCUT2D eigenvalue weighted by Crippen LogP contribution is 2.14. The Balaban J connectivity index is 2.09. The number of ether oxygens (including phenoxy) is 1. The molecular formula is C7H10N2O3. The van der Waals surface area contributed by atoms with E-state index in [-0.39, 0.29) is 18.6 Å². The summed E-state index contributed by atoms with van der Waals surface area (Å²) >= 11 is 0. The molecule has 1 unspecified atom stereocenters. The van der Waals surface area contributed by atoms with Crippen molar-refractivity contribution in [2.24, 2.45) is 0 Å². The lowest BCUT2D eigenvalue weighted by molar-refractivity contribution is -0.127. The van der Waals surface area contributed by atoms with E-state index in [4.69, 9.17) is 0 Å². The first-order valence-corrected chi connectivity index (χ1v) is 3.98. The summed E-state index contributed by atoms with van der Waals surface area (Å²) in [5, 5.41) is 3.09. The fourth-order valence-corrected chi connectivity index (χ4v) is 1.58. The van der Waals surface area contributed by atoms with E-state index in [2.05, 4.69) is 10.1 Å². The second-order valence-corrected chi connectivity index (χ2v) is 2.96. The molecular weight excluding hydrogens is 160 g/mol. The lowest BCUT2D eigenvalue weighted by Gasteiger charge is -2.17. The highest BCUT2D eigenvalue weighted by molar-refractivity contribution is 5.98. The summed E-state index contributed by atoms with van der Waals surface area (Å²) in [6.07, 6.45) is 0.342. The molecule has 12 heavy (non-hydrogen) atoms. The highest BCUT2D eigenvalue weighted by Gasteiger charge is 2.37. The zero-order valence-corrected chi connectivity index (χ0v) is 6.58. The second-order valence-electron chi connectivity index (χ2n) is 2.96. The molecule has 2 amide bonds. The number of carbonyl (C=O) groups is 2. The van der Waals surface area contributed by atoms with Crippen LogP contribution in [0.25, 0.3) is 0 Å². The predicted molar refractivity (Wildman–Crippen MR) is 39.5 cm³/mol. The maximum Gasteiger partial charge on any atom is 0.417 e. The van der Waals surface area contributed by atoms with Crippen molar-refractivity contribution < 1.29 is 14.3 Å². The van der Waals surface area contributed by atoms with Gasteiger partial charge < -0.3 is 10.1 Å². The Hall–Kier alpha value is -1.10. The van der Waals surface area contributed by atoms with Crippen molar-refractivity contribution in [3.05, 3.63) is 0 Å². The molecule has 2 fully saturated rings. The first kappa shape index (κ1) is 7.54. The minimum atomic E-state index is -0.492. The molecule has 66 valence electrons. The molecule has 2 aliphatic rings. The lowest BCUT2D eigenvalue weighted by Crippen LogP contribution is -2.40. The third-order valence-electron chi connectivity index (χ3n) is 2.18. The molecule has 1 N–H and O–H groups in total. The molecule has 2 rings (SSSR count). The van der Waals surface area contributed by atoms with E-state index in [0.29, 0.717) is 6.54 Å². The fourth-order valence-electron chi connectivity index (χ4n) is 1.58. The van der Waals surface area contributed by atoms with Gasteiger partial charge in [0, 0.05) is 6.54 Å². The normalized spacial score (nSPS) is 29.7. The van der Waals surface area contributed by atoms with Crippen molar-refractivity contribution in [2.75, 3.05) is 19.7 Å². The number of imide groups is 1. The van der Waals surface area contributed by atoms with E-state index < -0.39 is 6.09 Å². The van der Waals surface area contributed by atoms with E-state index in [1.165, 1.54) is 4.90 Å². The predicted octanol–water partition coefficient (Wildman–Crippen LogP) is -0.673. The summed E-state index contributed by atoms with van der Waals surface area (Å²) in [5.41, 5.74) is 0. The molecule has 2 saturated heterocycles. The molecule has 1 atom stereocenters. The first-order chi connectivity index (χ1) is 5.79. The summed E-state index contributed by atoms with van der Waals surface area (Å²) in [5.74, 6) is -0.214. The molecule has 5 nitrogen and oxygen atoms in total. The van der Waals surface area contributed by atoms with Crippen LogP contribution in [0.3, 0.4) is 0 Å². The van der Waals surface area contributed by atoms with Crippen LogP contribution in [0.2, 0.25) is 0 Å². The summed E-state index contributed by atoms with van der Waals surface area (Å²) in [6, 6.07) is 0.00694. The van der Waals surface area contributed by atoms with Crippen molar-refractivity contribution in [3.8, 4) is 0 Å². The summed E-state index contributed by atoms with van der Waals surface area (Å²) in [6.45, 7) is 1.47. The summed E-state index contributed by atoms with van der Waals surface area (Å²) in [4.78, 5) is 23.4. The number of amides is 2. The SMILES string of the molecule is O=C1COC(=O)N1C1CCNC1. The maximum atomic E-state index is 11.1. The summed E-state index contributed by atoms with van der Waals surface area (Å²) < 4.78 is 4.60. The van der Waals surface area contributed by atoms with Crippen molar-refractivity contribution in [2.45, 2.75) is 12.5 Å². The van der Waals surface area contributed by atoms with Crippen molar-refractivity contribution in [1.29, 1.82) is 0 Å². The van der Waals surface area contributed by atoms with Crippen molar-refractivity contribution in [3.63, 3.8) is 0 Å². The largest absolute Gasteiger partial charge is 0.439 e. The van der Waals surface area contributed by atoms with Gasteiger partial charge in [-0.3, -0.25) is 4.79 Å². The third-order valence-corrected chi connectivity index (χ3v) is 2.18. The zero-order valence-electron chi connectivity index (χ0n) is 6.58. The van der Waals surface area contributed by atoms with Crippen molar-refractivity contribution in [1.82, 2.24) is 10.2 Å². The monoisotopic (exact) mass is 170 g/mol. The van der Waals surface area contributed by atoms with Gasteiger partial charge in [0.15, 0.2) is 6.61 Å². The quantitative estimate of drug-likeness (QED) is 0.567. The van der Waals surface area contributed by atoms with E-state index >= 15 is 0 Å². The molecule has 0 aromatic heterocycles. The Kier molecular flexibility index (Phi) is 1.73. The van der Waals surface area contributed by atoms with Crippen LogP contribution in [0.15, 0.2) is 0 Å². The van der Waals surface area contributed by atoms with Crippen molar-refractivity contribution >= 4 is 12.0 Å². The van der Waals surface area contributed by atoms with E-state index in [1.54, 1.807) is 0 Å². The Morgan fingerprint density at radius 1 is 1.50 bits per heavy atom. The van der Waals surface area contributed by atoms with Gasteiger partial charge in [0.1, 0.15) is 0 Å². The van der Waals surface area contributed by atoms with Gasteiger partial charge in [0.25, 0.3) is 5.91 Å². The van der Waals surface area contributed by atoms with Crippen LogP contribution in [0.1, 0.15) is 6.42 Å². The highest BCUT2D eigenvalue weighted by atomic mass is 16.6. The minimum absolute atomic E-state index is 0.00694. The Labute approximate surface area is 69.7 Å². The topological polar surface area (TPSA) is 58.6 Å². The first-order valence-electron chi connectivity index (χ1n) is 3.98. The molecule has 0 spiro atoms. The van der Waals surface area contributed by atoms with Crippen LogP contribution in [0.5, 0.6) is 0 Å². The van der Waals surface area contributed by atoms with Gasteiger partial charge in [-0.15, -0.1) is 0 Å². The van der Waals surface area contributed by atoms with Gasteiger partial charge in [0.2, 0.25) is 0 Å². The van der Waals surface area contributed by atoms with Crippen LogP contribution in [0, 0.1) is 0 Å². The number of hydrogen-bond donors (Lipinski definition) is 1. The van der Waals surface area contributed by atoms with Crippen LogP contribution < -0.4 is 5.32 Å². The van der Waals surface area contributed by atoms with Gasteiger partial charge in [-0.2, -0.15) is 0 Å². The number of nitrogens with one attached hydrogen (secondary N) is 1. The van der Waals surface area contributed by atoms with Gasteiger partial charge in [-0.25, -0.2) is 9.69 Å². The second kappa shape index (κ2) is 2.75. The van der Waals surface area contributed by atoms with Crippen LogP contribution >= 0.6 is 0 Å². The molecule has 0 bridgehead atoms. The third kappa shape index (κ3) is 1.06. The standard InChI is InChI=1S/C7H10N2O3/c10-6-4-12-7(11)9(6)5-1-2-8-3-5/h5,8H,1-4H2. The molecule has 5 heteroatoms. The Morgan fingerprint density at radius 3 is 2.83 bits per heavy atom. The van der Waals surface area contributed by atoms with Crippen LogP contribution in [0.4, 0.5) is 4.79 Å². The van der Waals surface area contributed by atoms with Gasteiger partial charge in [-0.05, 0) is 13.0 Å². The summed E-state index contributed by atoms with van der Waals surface area (Å²) in [7, 11) is 0. The van der Waals surface area contributed by atoms with E-state index in [0.717, 1.165) is 13.0 Å². The molecule has 2 aliphatic heterocycles. The zero-order chi connectivity index (χ0) is 8.55. The Bertz CT molecular complexity index is 207. The smallest absolute Gasteiger partial charge is 0.417 e. The molecule has 0 aliphatic carbocycles. The van der Waals surface area contributed by atoms with E-state index in [9.17, 15) is 9.59 Å². The van der Waals surface area contributed by atoms with Crippen LogP contribution in [-0.4, -0.2) is 42.6 Å². The average Bonchev–Trinajstić information content (AvgIpc) is 2.61. The number of carbonyl (C=O) groups excluding carboxylic acids is 2. The lowest BCUT2D eigenvalue weighted by atomic mass is 10.2. The fraction of sp³-hybridized carbons (Fsp3) is 0.714. The molecule has 2 heterocycles. The number of nitrogens with zero attached hydrogens (tertiary/aromatic N) is 1. The molecule has 0 aromatic rings. The molecule has 0 aromatic carbocycles. The van der Waals surface area contributed by atoms with Gasteiger partial charge >= 0.3 is 6.09 Å². The van der Waals surface area contributed by atoms with Gasteiger partial charge in [0.05, 0.1) is 6.04 Å². The Morgan fingerprint density at radius 2 is 2.33 bits per heavy atom. The average molecular weight is 170 g/mol. The number of cyclic esters (lactones) is 1. The number of hydrogen-bond acceptors (Lipinski definition) is 4. The van der Waals surface area contributed by atoms with E-state index in [1.807, 2.05) is 0 Å². The van der Waals surface area contributed by atoms with Crippen LogP contribution in [-0.2, 0) is 9.53 Å². The number of rotatable bonds is 1. The van der Waals surface area contributed by atoms with Gasteiger partial charge in [-0.1, -0.05) is 0 Å². The maximum absolute atomic E-state index is 11.1. The minimum Gasteiger partial charge on any atom is -0.439 e.